The first kappa shape index (κ1) is 21.2. The van der Waals surface area contributed by atoms with Crippen molar-refractivity contribution in [1.82, 2.24) is 9.62 Å². The smallest absolute Gasteiger partial charge is 0.410 e. The molecular formula is C19H27N3O4S. The molecule has 1 fully saturated rings. The van der Waals surface area contributed by atoms with Gasteiger partial charge >= 0.3 is 6.09 Å². The minimum Gasteiger partial charge on any atom is -0.444 e. The first-order valence-electron chi connectivity index (χ1n) is 9.03. The lowest BCUT2D eigenvalue weighted by Crippen LogP contribution is -2.45. The summed E-state index contributed by atoms with van der Waals surface area (Å²) in [6.45, 7) is 6.80. The minimum absolute atomic E-state index is 0.0345. The summed E-state index contributed by atoms with van der Waals surface area (Å²) in [5.41, 5.74) is 0.280. The first-order valence-corrected chi connectivity index (χ1v) is 10.7. The first-order chi connectivity index (χ1) is 12.6. The van der Waals surface area contributed by atoms with E-state index in [1.54, 1.807) is 29.2 Å². The maximum absolute atomic E-state index is 12.4. The van der Waals surface area contributed by atoms with Gasteiger partial charge < -0.3 is 9.64 Å². The highest BCUT2D eigenvalue weighted by molar-refractivity contribution is 7.88. The summed E-state index contributed by atoms with van der Waals surface area (Å²) in [4.78, 5) is 13.8. The van der Waals surface area contributed by atoms with Crippen LogP contribution in [0.15, 0.2) is 24.3 Å². The van der Waals surface area contributed by atoms with Crippen LogP contribution in [0.3, 0.4) is 0 Å². The molecule has 148 valence electrons. The summed E-state index contributed by atoms with van der Waals surface area (Å²) in [5, 5.41) is 9.10. The molecule has 8 heteroatoms. The van der Waals surface area contributed by atoms with Crippen molar-refractivity contribution >= 4 is 16.1 Å². The number of likely N-dealkylation sites (tertiary alicyclic amines) is 1. The zero-order valence-corrected chi connectivity index (χ0v) is 16.9. The molecule has 1 aliphatic heterocycles. The molecule has 0 aliphatic carbocycles. The Morgan fingerprint density at radius 2 is 2.07 bits per heavy atom. The highest BCUT2D eigenvalue weighted by atomic mass is 32.2. The van der Waals surface area contributed by atoms with Crippen LogP contribution < -0.4 is 4.72 Å². The van der Waals surface area contributed by atoms with E-state index in [0.29, 0.717) is 24.2 Å². The second-order valence-electron chi connectivity index (χ2n) is 7.81. The van der Waals surface area contributed by atoms with E-state index < -0.39 is 15.6 Å². The summed E-state index contributed by atoms with van der Waals surface area (Å²) in [7, 11) is -3.57. The van der Waals surface area contributed by atoms with E-state index in [-0.39, 0.29) is 24.3 Å². The molecule has 1 saturated heterocycles. The lowest BCUT2D eigenvalue weighted by atomic mass is 9.99. The van der Waals surface area contributed by atoms with Crippen LogP contribution in [-0.2, 0) is 20.5 Å². The van der Waals surface area contributed by atoms with Crippen molar-refractivity contribution in [2.24, 2.45) is 5.92 Å². The maximum Gasteiger partial charge on any atom is 0.410 e. The molecule has 0 bridgehead atoms. The third kappa shape index (κ3) is 6.85. The highest BCUT2D eigenvalue weighted by Crippen LogP contribution is 2.19. The van der Waals surface area contributed by atoms with Gasteiger partial charge in [-0.25, -0.2) is 17.9 Å². The number of nitriles is 1. The Morgan fingerprint density at radius 3 is 2.74 bits per heavy atom. The number of carbonyl (C=O) groups is 1. The Bertz CT molecular complexity index is 809. The van der Waals surface area contributed by atoms with Gasteiger partial charge in [-0.05, 0) is 51.2 Å². The predicted octanol–water partition coefficient (Wildman–Crippen LogP) is 2.62. The third-order valence-corrected chi connectivity index (χ3v) is 5.54. The van der Waals surface area contributed by atoms with Crippen molar-refractivity contribution in [3.63, 3.8) is 0 Å². The van der Waals surface area contributed by atoms with Crippen LogP contribution in [0.2, 0.25) is 0 Å². The van der Waals surface area contributed by atoms with E-state index in [1.165, 1.54) is 0 Å². The number of sulfonamides is 1. The molecule has 1 N–H and O–H groups in total. The van der Waals surface area contributed by atoms with Gasteiger partial charge in [0, 0.05) is 19.6 Å². The maximum atomic E-state index is 12.4. The van der Waals surface area contributed by atoms with Crippen LogP contribution in [0.5, 0.6) is 0 Å². The lowest BCUT2D eigenvalue weighted by molar-refractivity contribution is 0.0169. The number of carbonyl (C=O) groups excluding carboxylic acids is 1. The summed E-state index contributed by atoms with van der Waals surface area (Å²) in [6, 6.07) is 8.67. The quantitative estimate of drug-likeness (QED) is 0.829. The van der Waals surface area contributed by atoms with E-state index in [0.717, 1.165) is 12.8 Å². The highest BCUT2D eigenvalue weighted by Gasteiger charge is 2.28. The van der Waals surface area contributed by atoms with Gasteiger partial charge in [-0.15, -0.1) is 0 Å². The number of hydrogen-bond acceptors (Lipinski definition) is 5. The average Bonchev–Trinajstić information content (AvgIpc) is 2.59. The van der Waals surface area contributed by atoms with Crippen LogP contribution in [0.1, 0.15) is 44.7 Å². The van der Waals surface area contributed by atoms with Crippen LogP contribution >= 0.6 is 0 Å². The fraction of sp³-hybridized carbons (Fsp3) is 0.579. The number of piperidine rings is 1. The van der Waals surface area contributed by atoms with Crippen molar-refractivity contribution in [2.45, 2.75) is 45.0 Å². The van der Waals surface area contributed by atoms with Gasteiger partial charge in [0.05, 0.1) is 17.4 Å². The number of amides is 1. The normalized spacial score (nSPS) is 18.0. The fourth-order valence-electron chi connectivity index (χ4n) is 2.98. The van der Waals surface area contributed by atoms with Gasteiger partial charge in [0.1, 0.15) is 5.60 Å². The number of nitrogens with zero attached hydrogens (tertiary/aromatic N) is 2. The van der Waals surface area contributed by atoms with Crippen LogP contribution in [0, 0.1) is 17.2 Å². The zero-order chi connectivity index (χ0) is 20.1. The van der Waals surface area contributed by atoms with Crippen molar-refractivity contribution in [3.8, 4) is 6.07 Å². The van der Waals surface area contributed by atoms with E-state index in [4.69, 9.17) is 10.00 Å². The molecule has 27 heavy (non-hydrogen) atoms. The van der Waals surface area contributed by atoms with Gasteiger partial charge in [-0.3, -0.25) is 0 Å². The Kier molecular flexibility index (Phi) is 6.84. The molecule has 1 aromatic rings. The molecule has 0 spiro atoms. The van der Waals surface area contributed by atoms with Gasteiger partial charge in [0.2, 0.25) is 10.0 Å². The Balaban J connectivity index is 1.91. The molecule has 0 unspecified atom stereocenters. The molecule has 1 atom stereocenters. The summed E-state index contributed by atoms with van der Waals surface area (Å²) < 4.78 is 32.8. The second-order valence-corrected chi connectivity index (χ2v) is 9.62. The van der Waals surface area contributed by atoms with E-state index in [9.17, 15) is 13.2 Å². The van der Waals surface area contributed by atoms with E-state index in [1.807, 2.05) is 26.8 Å². The summed E-state index contributed by atoms with van der Waals surface area (Å²) >= 11 is 0. The fourth-order valence-corrected chi connectivity index (χ4v) is 4.23. The molecule has 1 amide bonds. The van der Waals surface area contributed by atoms with Crippen molar-refractivity contribution < 1.29 is 17.9 Å². The average molecular weight is 394 g/mol. The molecule has 0 radical (unpaired) electrons. The summed E-state index contributed by atoms with van der Waals surface area (Å²) in [6.07, 6.45) is 1.29. The standard InChI is InChI=1S/C19H27N3O4S/c1-19(2,3)26-18(23)22-10-6-7-15(13-22)12-21-27(24,25)14-17-9-5-4-8-16(17)11-20/h4-5,8-9,15,21H,6-7,10,12-14H2,1-3H3/t15-/m1/s1. The topological polar surface area (TPSA) is 99.5 Å². The van der Waals surface area contributed by atoms with Crippen molar-refractivity contribution in [3.05, 3.63) is 35.4 Å². The molecule has 0 saturated carbocycles. The SMILES string of the molecule is CC(C)(C)OC(=O)N1CCC[C@H](CNS(=O)(=O)Cc2ccccc2C#N)C1. The van der Waals surface area contributed by atoms with E-state index >= 15 is 0 Å². The van der Waals surface area contributed by atoms with Crippen LogP contribution in [0.25, 0.3) is 0 Å². The Hall–Kier alpha value is -2.11. The number of benzene rings is 1. The third-order valence-electron chi connectivity index (χ3n) is 4.25. The van der Waals surface area contributed by atoms with Crippen molar-refractivity contribution in [1.29, 1.82) is 5.26 Å². The molecule has 1 aromatic carbocycles. The molecule has 7 nitrogen and oxygen atoms in total. The van der Waals surface area contributed by atoms with Gasteiger partial charge in [0.15, 0.2) is 0 Å². The second kappa shape index (κ2) is 8.72. The van der Waals surface area contributed by atoms with Crippen LogP contribution in [0.4, 0.5) is 4.79 Å². The minimum atomic E-state index is -3.57. The molecule has 2 rings (SSSR count). The number of hydrogen-bond donors (Lipinski definition) is 1. The summed E-state index contributed by atoms with van der Waals surface area (Å²) in [5.74, 6) is -0.202. The van der Waals surface area contributed by atoms with Gasteiger partial charge in [0.25, 0.3) is 0 Å². The van der Waals surface area contributed by atoms with E-state index in [2.05, 4.69) is 4.72 Å². The molecule has 1 heterocycles. The monoisotopic (exact) mass is 393 g/mol. The number of rotatable bonds is 5. The van der Waals surface area contributed by atoms with Crippen LogP contribution in [-0.4, -0.2) is 44.6 Å². The Morgan fingerprint density at radius 1 is 1.37 bits per heavy atom. The zero-order valence-electron chi connectivity index (χ0n) is 16.1. The molecule has 1 aliphatic rings. The Labute approximate surface area is 161 Å². The lowest BCUT2D eigenvalue weighted by Gasteiger charge is -2.34. The number of ether oxygens (including phenoxy) is 1. The molecule has 0 aromatic heterocycles. The number of nitrogens with one attached hydrogen (secondary N) is 1. The van der Waals surface area contributed by atoms with Gasteiger partial charge in [-0.2, -0.15) is 5.26 Å². The predicted molar refractivity (Wildman–Crippen MR) is 102 cm³/mol. The molecular weight excluding hydrogens is 366 g/mol. The van der Waals surface area contributed by atoms with Gasteiger partial charge in [-0.1, -0.05) is 18.2 Å². The largest absolute Gasteiger partial charge is 0.444 e. The van der Waals surface area contributed by atoms with Crippen molar-refractivity contribution in [2.75, 3.05) is 19.6 Å².